The third-order valence-corrected chi connectivity index (χ3v) is 6.82. The van der Waals surface area contributed by atoms with Gasteiger partial charge in [0.1, 0.15) is 0 Å². The Bertz CT molecular complexity index is 934. The summed E-state index contributed by atoms with van der Waals surface area (Å²) in [5.74, 6) is -0.0633. The van der Waals surface area contributed by atoms with Crippen molar-refractivity contribution < 1.29 is 13.2 Å². The van der Waals surface area contributed by atoms with Gasteiger partial charge in [0.15, 0.2) is 0 Å². The van der Waals surface area contributed by atoms with E-state index in [1.165, 1.54) is 5.56 Å². The second-order valence-electron chi connectivity index (χ2n) is 7.40. The molecule has 0 saturated heterocycles. The molecule has 2 N–H and O–H groups in total. The second kappa shape index (κ2) is 7.44. The van der Waals surface area contributed by atoms with Crippen molar-refractivity contribution in [1.82, 2.24) is 10.0 Å². The lowest BCUT2D eigenvalue weighted by atomic mass is 9.82. The van der Waals surface area contributed by atoms with Crippen molar-refractivity contribution in [3.63, 3.8) is 0 Å². The van der Waals surface area contributed by atoms with E-state index in [-0.39, 0.29) is 22.8 Å². The van der Waals surface area contributed by atoms with Gasteiger partial charge in [0.2, 0.25) is 15.9 Å². The highest BCUT2D eigenvalue weighted by Crippen LogP contribution is 2.31. The molecule has 1 fully saturated rings. The number of carbonyl (C=O) groups is 1. The number of fused-ring (bicyclic) bond motifs is 1. The molecule has 0 heterocycles. The number of carbonyl (C=O) groups excluding carboxylic acids is 1. The highest BCUT2D eigenvalue weighted by molar-refractivity contribution is 7.89. The summed E-state index contributed by atoms with van der Waals surface area (Å²) in [4.78, 5) is 12.9. The van der Waals surface area contributed by atoms with Crippen molar-refractivity contribution >= 4 is 15.9 Å². The normalized spacial score (nSPS) is 19.3. The maximum atomic E-state index is 12.7. The van der Waals surface area contributed by atoms with Crippen molar-refractivity contribution in [2.24, 2.45) is 0 Å². The Hall–Kier alpha value is -2.18. The van der Waals surface area contributed by atoms with E-state index in [0.717, 1.165) is 43.2 Å². The molecule has 6 heteroatoms. The largest absolute Gasteiger partial charge is 0.351 e. The summed E-state index contributed by atoms with van der Waals surface area (Å²) in [5, 5.41) is 3.01. The van der Waals surface area contributed by atoms with Crippen LogP contribution >= 0.6 is 0 Å². The summed E-state index contributed by atoms with van der Waals surface area (Å²) in [6.07, 6.45) is 4.74. The van der Waals surface area contributed by atoms with Crippen LogP contribution in [0.1, 0.15) is 48.3 Å². The van der Waals surface area contributed by atoms with Crippen LogP contribution in [-0.4, -0.2) is 20.4 Å². The van der Waals surface area contributed by atoms with Crippen molar-refractivity contribution in [3.8, 4) is 0 Å². The molecule has 1 unspecified atom stereocenters. The number of aryl methyl sites for hydroxylation is 1. The molecule has 5 nitrogen and oxygen atoms in total. The van der Waals surface area contributed by atoms with Gasteiger partial charge in [0.05, 0.1) is 10.8 Å². The number of rotatable bonds is 6. The molecule has 0 aliphatic heterocycles. The van der Waals surface area contributed by atoms with Gasteiger partial charge in [-0.15, -0.1) is 0 Å². The Balaban J connectivity index is 1.38. The fourth-order valence-corrected chi connectivity index (χ4v) is 4.92. The van der Waals surface area contributed by atoms with Crippen molar-refractivity contribution in [3.05, 3.63) is 65.2 Å². The first-order valence-electron chi connectivity index (χ1n) is 9.50. The number of nitrogens with one attached hydrogen (secondary N) is 2. The zero-order valence-corrected chi connectivity index (χ0v) is 16.0. The van der Waals surface area contributed by atoms with E-state index < -0.39 is 10.0 Å². The first kappa shape index (κ1) is 18.2. The Morgan fingerprint density at radius 3 is 2.48 bits per heavy atom. The van der Waals surface area contributed by atoms with Gasteiger partial charge in [0.25, 0.3) is 0 Å². The molecule has 4 rings (SSSR count). The van der Waals surface area contributed by atoms with Crippen LogP contribution in [-0.2, 0) is 27.8 Å². The fourth-order valence-electron chi connectivity index (χ4n) is 3.61. The molecule has 2 aromatic rings. The lowest BCUT2D eigenvalue weighted by molar-refractivity contribution is -0.123. The molecule has 2 aliphatic carbocycles. The van der Waals surface area contributed by atoms with Crippen LogP contribution in [0.15, 0.2) is 53.4 Å². The molecular weight excluding hydrogens is 360 g/mol. The average Bonchev–Trinajstić information content (AvgIpc) is 3.49. The lowest BCUT2D eigenvalue weighted by Crippen LogP contribution is -2.31. The van der Waals surface area contributed by atoms with Crippen LogP contribution in [0.5, 0.6) is 0 Å². The zero-order chi connectivity index (χ0) is 18.9. The zero-order valence-electron chi connectivity index (χ0n) is 15.1. The molecule has 2 aliphatic rings. The molecule has 1 amide bonds. The summed E-state index contributed by atoms with van der Waals surface area (Å²) < 4.78 is 27.1. The monoisotopic (exact) mass is 384 g/mol. The van der Waals surface area contributed by atoms with Gasteiger partial charge >= 0.3 is 0 Å². The molecule has 0 spiro atoms. The first-order valence-corrected chi connectivity index (χ1v) is 11.0. The minimum atomic E-state index is -3.43. The Labute approximate surface area is 160 Å². The van der Waals surface area contributed by atoms with Gasteiger partial charge in [-0.25, -0.2) is 13.1 Å². The fraction of sp³-hybridized carbons (Fsp3) is 0.381. The predicted octanol–water partition coefficient (Wildman–Crippen LogP) is 2.86. The van der Waals surface area contributed by atoms with Gasteiger partial charge in [0, 0.05) is 12.6 Å². The minimum absolute atomic E-state index is 0.0363. The van der Waals surface area contributed by atoms with Crippen LogP contribution < -0.4 is 10.0 Å². The quantitative estimate of drug-likeness (QED) is 0.804. The SMILES string of the molecule is O=C(NCc1ccc(S(=O)(=O)NC2CC2)cc1)C1CCCc2ccccc21. The smallest absolute Gasteiger partial charge is 0.240 e. The standard InChI is InChI=1S/C21H24N2O3S/c24-21(20-7-3-5-16-4-1-2-6-19(16)20)22-14-15-8-12-18(13-9-15)27(25,26)23-17-10-11-17/h1-2,4,6,8-9,12-13,17,20,23H,3,5,7,10-11,14H2,(H,22,24). The van der Waals surface area contributed by atoms with Gasteiger partial charge in [-0.2, -0.15) is 0 Å². The second-order valence-corrected chi connectivity index (χ2v) is 9.11. The molecule has 1 atom stereocenters. The van der Waals surface area contributed by atoms with Gasteiger partial charge in [-0.1, -0.05) is 36.4 Å². The highest BCUT2D eigenvalue weighted by atomic mass is 32.2. The molecule has 0 bridgehead atoms. The number of amides is 1. The molecule has 2 aromatic carbocycles. The Morgan fingerprint density at radius 2 is 1.74 bits per heavy atom. The molecule has 0 aromatic heterocycles. The maximum Gasteiger partial charge on any atom is 0.240 e. The molecule has 27 heavy (non-hydrogen) atoms. The van der Waals surface area contributed by atoms with Crippen LogP contribution in [0, 0.1) is 0 Å². The molecule has 0 radical (unpaired) electrons. The highest BCUT2D eigenvalue weighted by Gasteiger charge is 2.28. The van der Waals surface area contributed by atoms with E-state index in [1.54, 1.807) is 24.3 Å². The summed E-state index contributed by atoms with van der Waals surface area (Å²) in [6, 6.07) is 15.0. The first-order chi connectivity index (χ1) is 13.0. The van der Waals surface area contributed by atoms with E-state index >= 15 is 0 Å². The van der Waals surface area contributed by atoms with E-state index in [9.17, 15) is 13.2 Å². The maximum absolute atomic E-state index is 12.7. The van der Waals surface area contributed by atoms with Crippen LogP contribution in [0.4, 0.5) is 0 Å². The van der Waals surface area contributed by atoms with Crippen molar-refractivity contribution in [2.75, 3.05) is 0 Å². The van der Waals surface area contributed by atoms with E-state index in [0.29, 0.717) is 6.54 Å². The average molecular weight is 385 g/mol. The van der Waals surface area contributed by atoms with Crippen molar-refractivity contribution in [2.45, 2.75) is 55.5 Å². The summed E-state index contributed by atoms with van der Waals surface area (Å²) in [7, 11) is -3.43. The Morgan fingerprint density at radius 1 is 1.00 bits per heavy atom. The minimum Gasteiger partial charge on any atom is -0.351 e. The molecule has 142 valence electrons. The predicted molar refractivity (Wildman–Crippen MR) is 104 cm³/mol. The molecule has 1 saturated carbocycles. The third kappa shape index (κ3) is 4.22. The van der Waals surface area contributed by atoms with E-state index in [2.05, 4.69) is 16.1 Å². The van der Waals surface area contributed by atoms with Gasteiger partial charge in [-0.3, -0.25) is 4.79 Å². The van der Waals surface area contributed by atoms with E-state index in [1.807, 2.05) is 18.2 Å². The number of benzene rings is 2. The van der Waals surface area contributed by atoms with Crippen molar-refractivity contribution in [1.29, 1.82) is 0 Å². The van der Waals surface area contributed by atoms with Crippen LogP contribution in [0.2, 0.25) is 0 Å². The summed E-state index contributed by atoms with van der Waals surface area (Å²) in [5.41, 5.74) is 3.29. The lowest BCUT2D eigenvalue weighted by Gasteiger charge is -2.24. The van der Waals surface area contributed by atoms with Gasteiger partial charge < -0.3 is 5.32 Å². The number of sulfonamides is 1. The number of hydrogen-bond acceptors (Lipinski definition) is 3. The summed E-state index contributed by atoms with van der Waals surface area (Å²) in [6.45, 7) is 0.397. The topological polar surface area (TPSA) is 75.3 Å². The van der Waals surface area contributed by atoms with E-state index in [4.69, 9.17) is 0 Å². The van der Waals surface area contributed by atoms with Gasteiger partial charge in [-0.05, 0) is 60.9 Å². The third-order valence-electron chi connectivity index (χ3n) is 5.29. The number of hydrogen-bond donors (Lipinski definition) is 2. The van der Waals surface area contributed by atoms with Crippen LogP contribution in [0.3, 0.4) is 0 Å². The summed E-state index contributed by atoms with van der Waals surface area (Å²) >= 11 is 0. The van der Waals surface area contributed by atoms with Crippen LogP contribution in [0.25, 0.3) is 0 Å². The molecular formula is C21H24N2O3S. The Kier molecular flexibility index (Phi) is 5.02.